The van der Waals surface area contributed by atoms with E-state index in [0.717, 1.165) is 41.5 Å². The minimum atomic E-state index is -0.987. The van der Waals surface area contributed by atoms with Gasteiger partial charge in [-0.05, 0) is 90.9 Å². The Morgan fingerprint density at radius 3 is 2.58 bits per heavy atom. The number of fused-ring (bicyclic) bond motifs is 3. The Labute approximate surface area is 241 Å². The molecule has 4 atom stereocenters. The van der Waals surface area contributed by atoms with Gasteiger partial charge < -0.3 is 14.8 Å². The summed E-state index contributed by atoms with van der Waals surface area (Å²) in [6, 6.07) is 15.0. The standard InChI is InChI=1S/C32H37BClNO5/c1-3-8-23-17-25-30(32(38)35(15-4-2)31(25)37)26-19-33(39)40-28(29(23)26)14-12-21(20-9-6-5-7-10-20)16-22-11-13-24(36)18-27(22)34/h5-7,9-11,13,16,18,25-26,28,30,36,39H,3-4,8,12,14-15,17,19H2,1-2H3/b21-16-/t25-,26+,28-,30-/m1/s1. The summed E-state index contributed by atoms with van der Waals surface area (Å²) in [6.07, 6.45) is 6.41. The molecule has 0 unspecified atom stereocenters. The number of phenols is 1. The Balaban J connectivity index is 1.48. The van der Waals surface area contributed by atoms with Crippen molar-refractivity contribution < 1.29 is 24.4 Å². The molecule has 3 aliphatic rings. The molecule has 40 heavy (non-hydrogen) atoms. The normalized spacial score (nSPS) is 24.9. The summed E-state index contributed by atoms with van der Waals surface area (Å²) in [5.41, 5.74) is 5.26. The minimum Gasteiger partial charge on any atom is -0.508 e. The number of allylic oxidation sites excluding steroid dienone is 2. The van der Waals surface area contributed by atoms with E-state index in [9.17, 15) is 19.7 Å². The second-order valence-corrected chi connectivity index (χ2v) is 11.6. The number of rotatable bonds is 9. The highest BCUT2D eigenvalue weighted by atomic mass is 35.5. The third-order valence-electron chi connectivity index (χ3n) is 8.53. The SMILES string of the molecule is CCCC1=C2[C@@H](CC/C(=C/c3ccc(O)cc3Cl)c3ccccc3)OB(O)C[C@@H]2[C@@H]2C(=O)N(CCC)C(=O)[C@@H]2C1. The number of carbonyl (C=O) groups is 2. The zero-order valence-electron chi connectivity index (χ0n) is 23.2. The monoisotopic (exact) mass is 561 g/mol. The van der Waals surface area contributed by atoms with Gasteiger partial charge in [0.2, 0.25) is 11.8 Å². The van der Waals surface area contributed by atoms with Crippen LogP contribution >= 0.6 is 11.6 Å². The molecule has 2 aromatic rings. The quantitative estimate of drug-likeness (QED) is 0.161. The molecule has 0 bridgehead atoms. The summed E-state index contributed by atoms with van der Waals surface area (Å²) in [6.45, 7) is 4.56. The molecule has 2 heterocycles. The molecular formula is C32H37BClNO5. The molecule has 2 aromatic carbocycles. The number of likely N-dealkylation sites (tertiary alicyclic amines) is 1. The lowest BCUT2D eigenvalue weighted by atomic mass is 9.58. The van der Waals surface area contributed by atoms with Gasteiger partial charge in [-0.1, -0.05) is 67.8 Å². The molecule has 5 rings (SSSR count). The molecule has 0 saturated carbocycles. The van der Waals surface area contributed by atoms with Crippen LogP contribution < -0.4 is 0 Å². The van der Waals surface area contributed by atoms with E-state index in [2.05, 4.69) is 19.1 Å². The van der Waals surface area contributed by atoms with Crippen LogP contribution in [0.3, 0.4) is 0 Å². The third kappa shape index (κ3) is 5.65. The lowest BCUT2D eigenvalue weighted by Crippen LogP contribution is -2.46. The summed E-state index contributed by atoms with van der Waals surface area (Å²) in [5, 5.41) is 21.1. The maximum Gasteiger partial charge on any atom is 0.455 e. The number of hydrogen-bond acceptors (Lipinski definition) is 5. The summed E-state index contributed by atoms with van der Waals surface area (Å²) in [4.78, 5) is 28.2. The zero-order chi connectivity index (χ0) is 28.4. The number of imide groups is 1. The van der Waals surface area contributed by atoms with E-state index in [1.165, 1.54) is 16.5 Å². The molecular weight excluding hydrogens is 525 g/mol. The van der Waals surface area contributed by atoms with Gasteiger partial charge in [0.15, 0.2) is 0 Å². The first-order valence-electron chi connectivity index (χ1n) is 14.5. The summed E-state index contributed by atoms with van der Waals surface area (Å²) >= 11 is 6.45. The molecule has 0 aromatic heterocycles. The van der Waals surface area contributed by atoms with Crippen molar-refractivity contribution in [2.45, 2.75) is 64.8 Å². The van der Waals surface area contributed by atoms with Crippen molar-refractivity contribution in [3.8, 4) is 5.75 Å². The predicted octanol–water partition coefficient (Wildman–Crippen LogP) is 6.37. The number of aromatic hydroxyl groups is 1. The molecule has 2 amide bonds. The topological polar surface area (TPSA) is 87.1 Å². The van der Waals surface area contributed by atoms with Crippen LogP contribution in [-0.2, 0) is 14.2 Å². The van der Waals surface area contributed by atoms with Gasteiger partial charge >= 0.3 is 7.12 Å². The number of halogens is 1. The van der Waals surface area contributed by atoms with Crippen LogP contribution in [-0.4, -0.2) is 46.6 Å². The van der Waals surface area contributed by atoms with Crippen molar-refractivity contribution in [2.75, 3.05) is 6.54 Å². The second kappa shape index (κ2) is 12.3. The van der Waals surface area contributed by atoms with E-state index in [0.29, 0.717) is 37.2 Å². The fourth-order valence-electron chi connectivity index (χ4n) is 6.87. The average molecular weight is 562 g/mol. The van der Waals surface area contributed by atoms with Gasteiger partial charge in [-0.3, -0.25) is 14.5 Å². The largest absolute Gasteiger partial charge is 0.508 e. The highest BCUT2D eigenvalue weighted by Gasteiger charge is 2.56. The van der Waals surface area contributed by atoms with Gasteiger partial charge in [0.05, 0.1) is 23.0 Å². The Morgan fingerprint density at radius 2 is 1.88 bits per heavy atom. The predicted molar refractivity (Wildman–Crippen MR) is 158 cm³/mol. The van der Waals surface area contributed by atoms with Crippen LogP contribution in [0.2, 0.25) is 11.3 Å². The fraction of sp³-hybridized carbons (Fsp3) is 0.438. The van der Waals surface area contributed by atoms with Crippen molar-refractivity contribution in [2.24, 2.45) is 17.8 Å². The third-order valence-corrected chi connectivity index (χ3v) is 8.86. The maximum absolute atomic E-state index is 13.5. The van der Waals surface area contributed by atoms with Crippen molar-refractivity contribution in [3.05, 3.63) is 75.8 Å². The zero-order valence-corrected chi connectivity index (χ0v) is 23.9. The van der Waals surface area contributed by atoms with E-state index in [-0.39, 0.29) is 35.5 Å². The van der Waals surface area contributed by atoms with Crippen LogP contribution in [0.5, 0.6) is 5.75 Å². The molecule has 2 fully saturated rings. The van der Waals surface area contributed by atoms with Gasteiger partial charge in [-0.25, -0.2) is 0 Å². The smallest absolute Gasteiger partial charge is 0.455 e. The lowest BCUT2D eigenvalue weighted by molar-refractivity contribution is -0.140. The Morgan fingerprint density at radius 1 is 1.10 bits per heavy atom. The Kier molecular flexibility index (Phi) is 8.84. The first-order valence-corrected chi connectivity index (χ1v) is 14.8. The van der Waals surface area contributed by atoms with Crippen LogP contribution in [0.1, 0.15) is 63.5 Å². The molecule has 0 spiro atoms. The van der Waals surface area contributed by atoms with Gasteiger partial charge in [0.25, 0.3) is 0 Å². The number of carbonyl (C=O) groups excluding carboxylic acids is 2. The molecule has 2 N–H and O–H groups in total. The van der Waals surface area contributed by atoms with Crippen LogP contribution in [0, 0.1) is 17.8 Å². The van der Waals surface area contributed by atoms with E-state index in [1.807, 2.05) is 31.2 Å². The summed E-state index contributed by atoms with van der Waals surface area (Å²) in [5.74, 6) is -0.977. The van der Waals surface area contributed by atoms with Gasteiger partial charge in [0, 0.05) is 6.54 Å². The molecule has 2 saturated heterocycles. The molecule has 210 valence electrons. The van der Waals surface area contributed by atoms with E-state index < -0.39 is 13.0 Å². The van der Waals surface area contributed by atoms with Crippen molar-refractivity contribution >= 4 is 42.2 Å². The van der Waals surface area contributed by atoms with E-state index in [4.69, 9.17) is 16.3 Å². The Hall–Kier alpha value is -2.87. The number of benzene rings is 2. The molecule has 6 nitrogen and oxygen atoms in total. The first-order chi connectivity index (χ1) is 19.3. The highest BCUT2D eigenvalue weighted by Crippen LogP contribution is 2.51. The maximum atomic E-state index is 13.5. The van der Waals surface area contributed by atoms with E-state index in [1.54, 1.807) is 12.1 Å². The second-order valence-electron chi connectivity index (χ2n) is 11.2. The van der Waals surface area contributed by atoms with Gasteiger partial charge in [-0.2, -0.15) is 0 Å². The number of hydrogen-bond donors (Lipinski definition) is 2. The average Bonchev–Trinajstić information content (AvgIpc) is 3.17. The first kappa shape index (κ1) is 28.7. The van der Waals surface area contributed by atoms with E-state index >= 15 is 0 Å². The lowest BCUT2D eigenvalue weighted by Gasteiger charge is -2.43. The summed E-state index contributed by atoms with van der Waals surface area (Å²) < 4.78 is 6.19. The van der Waals surface area contributed by atoms with Crippen molar-refractivity contribution in [1.82, 2.24) is 4.90 Å². The number of nitrogens with zero attached hydrogens (tertiary/aromatic N) is 1. The number of phenolic OH excluding ortho intramolecular Hbond substituents is 1. The molecule has 2 aliphatic heterocycles. The van der Waals surface area contributed by atoms with Crippen LogP contribution in [0.4, 0.5) is 0 Å². The molecule has 8 heteroatoms. The highest BCUT2D eigenvalue weighted by molar-refractivity contribution is 6.43. The minimum absolute atomic E-state index is 0.0536. The molecule has 1 aliphatic carbocycles. The van der Waals surface area contributed by atoms with Crippen molar-refractivity contribution in [3.63, 3.8) is 0 Å². The van der Waals surface area contributed by atoms with Crippen LogP contribution in [0.15, 0.2) is 59.7 Å². The van der Waals surface area contributed by atoms with Crippen molar-refractivity contribution in [1.29, 1.82) is 0 Å². The molecule has 0 radical (unpaired) electrons. The number of amides is 2. The van der Waals surface area contributed by atoms with Gasteiger partial charge in [0.1, 0.15) is 5.75 Å². The summed E-state index contributed by atoms with van der Waals surface area (Å²) in [7, 11) is -0.987. The Bertz CT molecular complexity index is 1330. The van der Waals surface area contributed by atoms with Crippen LogP contribution in [0.25, 0.3) is 11.6 Å². The fourth-order valence-corrected chi connectivity index (χ4v) is 7.10. The van der Waals surface area contributed by atoms with Gasteiger partial charge in [-0.15, -0.1) is 0 Å².